The molecular weight excluding hydrogens is 250 g/mol. The lowest BCUT2D eigenvalue weighted by Crippen LogP contribution is -2.36. The van der Waals surface area contributed by atoms with Gasteiger partial charge < -0.3 is 10.2 Å². The molecule has 2 heterocycles. The van der Waals surface area contributed by atoms with Crippen molar-refractivity contribution in [1.82, 2.24) is 9.97 Å². The van der Waals surface area contributed by atoms with Crippen molar-refractivity contribution in [3.05, 3.63) is 23.2 Å². The van der Waals surface area contributed by atoms with E-state index in [4.69, 9.17) is 10.2 Å². The summed E-state index contributed by atoms with van der Waals surface area (Å²) in [6.45, 7) is 6.68. The van der Waals surface area contributed by atoms with Gasteiger partial charge in [0.2, 0.25) is 5.89 Å². The lowest BCUT2D eigenvalue weighted by atomic mass is 10.4. The van der Waals surface area contributed by atoms with Crippen molar-refractivity contribution in [2.24, 2.45) is 0 Å². The number of oxazole rings is 1. The summed E-state index contributed by atoms with van der Waals surface area (Å²) in [6, 6.07) is 0. The maximum absolute atomic E-state index is 5.69. The molecule has 0 aliphatic heterocycles. The first-order valence-electron chi connectivity index (χ1n) is 5.31. The van der Waals surface area contributed by atoms with Gasteiger partial charge in [-0.1, -0.05) is 31.0 Å². The molecule has 0 atom stereocenters. The van der Waals surface area contributed by atoms with Crippen molar-refractivity contribution in [1.29, 1.82) is 0 Å². The van der Waals surface area contributed by atoms with Gasteiger partial charge in [0.05, 0.1) is 6.20 Å². The molecule has 0 bridgehead atoms. The summed E-state index contributed by atoms with van der Waals surface area (Å²) in [5.41, 5.74) is 5.55. The number of thiazole rings is 1. The van der Waals surface area contributed by atoms with Crippen LogP contribution in [-0.4, -0.2) is 18.0 Å². The van der Waals surface area contributed by atoms with E-state index in [1.807, 2.05) is 18.3 Å². The van der Waals surface area contributed by atoms with Gasteiger partial charge in [-0.05, 0) is 6.08 Å². The quantitative estimate of drug-likeness (QED) is 0.866. The Bertz CT molecular complexity index is 539. The minimum atomic E-state index is -1.41. The average molecular weight is 265 g/mol. The third-order valence-corrected chi connectivity index (χ3v) is 4.70. The highest BCUT2D eigenvalue weighted by Gasteiger charge is 2.21. The summed E-state index contributed by atoms with van der Waals surface area (Å²) in [5.74, 6) is 0.634. The zero-order valence-corrected chi connectivity index (χ0v) is 11.9. The van der Waals surface area contributed by atoms with Crippen molar-refractivity contribution >= 4 is 42.1 Å². The van der Waals surface area contributed by atoms with Crippen molar-refractivity contribution in [2.75, 3.05) is 5.73 Å². The molecule has 2 aromatic heterocycles. The topological polar surface area (TPSA) is 64.9 Å². The second-order valence-electron chi connectivity index (χ2n) is 4.75. The van der Waals surface area contributed by atoms with E-state index in [0.29, 0.717) is 11.0 Å². The molecule has 0 radical (unpaired) electrons. The second kappa shape index (κ2) is 4.46. The Balaban J connectivity index is 2.14. The van der Waals surface area contributed by atoms with Crippen molar-refractivity contribution in [3.63, 3.8) is 0 Å². The number of nitrogen functional groups attached to an aromatic ring is 1. The number of anilines is 1. The molecule has 2 N–H and O–H groups in total. The Labute approximate surface area is 105 Å². The smallest absolute Gasteiger partial charge is 0.218 e. The lowest BCUT2D eigenvalue weighted by molar-refractivity contribution is 0.574. The van der Waals surface area contributed by atoms with Crippen LogP contribution in [-0.2, 0) is 0 Å². The third kappa shape index (κ3) is 3.04. The highest BCUT2D eigenvalue weighted by molar-refractivity contribution is 7.16. The van der Waals surface area contributed by atoms with Gasteiger partial charge >= 0.3 is 0 Å². The molecule has 0 aromatic carbocycles. The van der Waals surface area contributed by atoms with Crippen molar-refractivity contribution < 1.29 is 4.42 Å². The van der Waals surface area contributed by atoms with E-state index in [2.05, 4.69) is 29.6 Å². The molecule has 2 rings (SSSR count). The number of aromatic nitrogens is 2. The van der Waals surface area contributed by atoms with E-state index in [-0.39, 0.29) is 0 Å². The number of hydrogen-bond acceptors (Lipinski definition) is 5. The van der Waals surface area contributed by atoms with Gasteiger partial charge in [-0.25, -0.2) is 9.97 Å². The molecular formula is C11H15N3OSSi. The number of nitrogens with zero attached hydrogens (tertiary/aromatic N) is 2. The highest BCUT2D eigenvalue weighted by Crippen LogP contribution is 2.17. The molecule has 4 nitrogen and oxygen atoms in total. The van der Waals surface area contributed by atoms with Crippen molar-refractivity contribution in [2.45, 2.75) is 19.6 Å². The summed E-state index contributed by atoms with van der Waals surface area (Å²) >= 11 is 1.44. The molecule has 17 heavy (non-hydrogen) atoms. The third-order valence-electron chi connectivity index (χ3n) is 2.19. The van der Waals surface area contributed by atoms with Gasteiger partial charge in [-0.2, -0.15) is 0 Å². The molecule has 0 amide bonds. The Kier molecular flexibility index (Phi) is 3.17. The van der Waals surface area contributed by atoms with Crippen LogP contribution in [0.25, 0.3) is 12.2 Å². The lowest BCUT2D eigenvalue weighted by Gasteiger charge is -2.09. The van der Waals surface area contributed by atoms with E-state index in [9.17, 15) is 0 Å². The van der Waals surface area contributed by atoms with Crippen LogP contribution in [0.1, 0.15) is 10.8 Å². The van der Waals surface area contributed by atoms with E-state index < -0.39 is 8.07 Å². The SMILES string of the molecule is C[Si](C)(C)c1cnc(C=Cc2cnc(N)s2)o1. The zero-order chi connectivity index (χ0) is 12.5. The first-order valence-corrected chi connectivity index (χ1v) is 9.62. The molecule has 0 unspecified atom stereocenters. The van der Waals surface area contributed by atoms with Crippen molar-refractivity contribution in [3.8, 4) is 0 Å². The zero-order valence-electron chi connectivity index (χ0n) is 10.1. The van der Waals surface area contributed by atoms with E-state index in [1.165, 1.54) is 11.3 Å². The summed E-state index contributed by atoms with van der Waals surface area (Å²) in [5, 5.41) is 1.58. The van der Waals surface area contributed by atoms with Crippen LogP contribution < -0.4 is 11.1 Å². The number of nitrogens with two attached hydrogens (primary N) is 1. The van der Waals surface area contributed by atoms with Gasteiger partial charge in [0, 0.05) is 17.2 Å². The minimum Gasteiger partial charge on any atom is -0.447 e. The Morgan fingerprint density at radius 1 is 1.24 bits per heavy atom. The van der Waals surface area contributed by atoms with Gasteiger partial charge in [0.25, 0.3) is 0 Å². The molecule has 90 valence electrons. The summed E-state index contributed by atoms with van der Waals surface area (Å²) in [7, 11) is -1.41. The number of rotatable bonds is 3. The average Bonchev–Trinajstić information content (AvgIpc) is 2.82. The summed E-state index contributed by atoms with van der Waals surface area (Å²) < 4.78 is 5.69. The van der Waals surface area contributed by atoms with E-state index in [1.54, 1.807) is 6.20 Å². The van der Waals surface area contributed by atoms with Crippen LogP contribution in [0.3, 0.4) is 0 Å². The minimum absolute atomic E-state index is 0.569. The van der Waals surface area contributed by atoms with Crippen LogP contribution in [0.4, 0.5) is 5.13 Å². The van der Waals surface area contributed by atoms with E-state index >= 15 is 0 Å². The fourth-order valence-corrected chi connectivity index (χ4v) is 2.69. The fourth-order valence-electron chi connectivity index (χ4n) is 1.24. The standard InChI is InChI=1S/C11H15N3OSSi/c1-17(2,3)10-7-13-9(15-10)5-4-8-6-14-11(12)16-8/h4-7H,1-3H3,(H2,12,14). The molecule has 0 saturated heterocycles. The largest absolute Gasteiger partial charge is 0.447 e. The van der Waals surface area contributed by atoms with Crippen LogP contribution in [0, 0.1) is 0 Å². The normalized spacial score (nSPS) is 12.4. The first-order chi connectivity index (χ1) is 7.95. The highest BCUT2D eigenvalue weighted by atomic mass is 32.1. The van der Waals surface area contributed by atoms with Gasteiger partial charge in [0.15, 0.2) is 5.13 Å². The van der Waals surface area contributed by atoms with E-state index in [0.717, 1.165) is 10.3 Å². The predicted octanol–water partition coefficient (Wildman–Crippen LogP) is 2.43. The molecule has 0 aliphatic carbocycles. The molecule has 2 aromatic rings. The summed E-state index contributed by atoms with van der Waals surface area (Å²) in [4.78, 5) is 9.21. The van der Waals surface area contributed by atoms with Gasteiger partial charge in [0.1, 0.15) is 13.5 Å². The Morgan fingerprint density at radius 2 is 2.00 bits per heavy atom. The van der Waals surface area contributed by atoms with Crippen LogP contribution in [0.2, 0.25) is 19.6 Å². The molecule has 0 saturated carbocycles. The molecule has 6 heteroatoms. The number of hydrogen-bond donors (Lipinski definition) is 1. The Morgan fingerprint density at radius 3 is 2.53 bits per heavy atom. The Hall–Kier alpha value is -1.40. The summed E-state index contributed by atoms with van der Waals surface area (Å²) in [6.07, 6.45) is 7.32. The molecule has 0 spiro atoms. The maximum Gasteiger partial charge on any atom is 0.218 e. The van der Waals surface area contributed by atoms with Crippen LogP contribution in [0.15, 0.2) is 16.8 Å². The first kappa shape index (κ1) is 12.1. The monoisotopic (exact) mass is 265 g/mol. The van der Waals surface area contributed by atoms with Crippen LogP contribution in [0.5, 0.6) is 0 Å². The molecule has 0 aliphatic rings. The fraction of sp³-hybridized carbons (Fsp3) is 0.273. The maximum atomic E-state index is 5.69. The van der Waals surface area contributed by atoms with Gasteiger partial charge in [-0.3, -0.25) is 0 Å². The predicted molar refractivity (Wildman–Crippen MR) is 74.9 cm³/mol. The molecule has 0 fully saturated rings. The van der Waals surface area contributed by atoms with Gasteiger partial charge in [-0.15, -0.1) is 0 Å². The second-order valence-corrected chi connectivity index (χ2v) is 10.8. The van der Waals surface area contributed by atoms with Crippen LogP contribution >= 0.6 is 11.3 Å².